The second-order valence-corrected chi connectivity index (χ2v) is 4.28. The van der Waals surface area contributed by atoms with E-state index < -0.39 is 5.97 Å². The molecule has 4 heteroatoms. The fraction of sp³-hybridized carbons (Fsp3) is 0.917. The topological polar surface area (TPSA) is 72.5 Å². The van der Waals surface area contributed by atoms with Crippen LogP contribution in [0.2, 0.25) is 0 Å². The highest BCUT2D eigenvalue weighted by molar-refractivity contribution is 5.67. The highest BCUT2D eigenvalue weighted by Crippen LogP contribution is 2.18. The first-order valence-electron chi connectivity index (χ1n) is 6.13. The normalized spacial score (nSPS) is 14.7. The summed E-state index contributed by atoms with van der Waals surface area (Å²) in [5.41, 5.74) is 5.57. The molecule has 0 unspecified atom stereocenters. The van der Waals surface area contributed by atoms with E-state index in [0.717, 1.165) is 32.5 Å². The first-order chi connectivity index (χ1) is 7.63. The van der Waals surface area contributed by atoms with Crippen molar-refractivity contribution in [1.29, 1.82) is 0 Å². The number of aliphatic carboxylic acids is 1. The molecule has 96 valence electrons. The molecule has 2 atom stereocenters. The molecular formula is C12H25NO3. The lowest BCUT2D eigenvalue weighted by molar-refractivity contribution is -0.138. The fourth-order valence-corrected chi connectivity index (χ4v) is 1.73. The lowest BCUT2D eigenvalue weighted by atomic mass is 9.91. The van der Waals surface area contributed by atoms with Gasteiger partial charge in [0, 0.05) is 19.6 Å². The summed E-state index contributed by atoms with van der Waals surface area (Å²) in [5, 5.41) is 8.73. The molecule has 0 aromatic heterocycles. The predicted molar refractivity (Wildman–Crippen MR) is 64.3 cm³/mol. The Kier molecular flexibility index (Phi) is 9.24. The van der Waals surface area contributed by atoms with Crippen molar-refractivity contribution in [2.45, 2.75) is 39.5 Å². The van der Waals surface area contributed by atoms with Crippen LogP contribution < -0.4 is 5.73 Å². The van der Waals surface area contributed by atoms with Crippen LogP contribution in [0.4, 0.5) is 0 Å². The Hall–Kier alpha value is -0.610. The molecule has 0 aromatic rings. The van der Waals surface area contributed by atoms with Crippen LogP contribution in [0.15, 0.2) is 0 Å². The maximum Gasteiger partial charge on any atom is 0.303 e. The largest absolute Gasteiger partial charge is 0.481 e. The summed E-state index contributed by atoms with van der Waals surface area (Å²) in [4.78, 5) is 10.6. The zero-order chi connectivity index (χ0) is 12.4. The van der Waals surface area contributed by atoms with E-state index in [1.165, 1.54) is 0 Å². The van der Waals surface area contributed by atoms with Crippen molar-refractivity contribution in [3.63, 3.8) is 0 Å². The number of nitrogens with two attached hydrogens (primary N) is 1. The number of carbonyl (C=O) groups is 1. The van der Waals surface area contributed by atoms with Gasteiger partial charge >= 0.3 is 5.97 Å². The summed E-state index contributed by atoms with van der Waals surface area (Å²) in [5.74, 6) is -0.257. The third-order valence-corrected chi connectivity index (χ3v) is 2.74. The van der Waals surface area contributed by atoms with Crippen LogP contribution in [0, 0.1) is 11.8 Å². The van der Waals surface area contributed by atoms with Gasteiger partial charge in [0.05, 0.1) is 0 Å². The van der Waals surface area contributed by atoms with E-state index in [2.05, 4.69) is 13.8 Å². The second kappa shape index (κ2) is 9.60. The fourth-order valence-electron chi connectivity index (χ4n) is 1.73. The number of hydrogen-bond donors (Lipinski definition) is 2. The maximum absolute atomic E-state index is 10.6. The number of rotatable bonds is 10. The minimum absolute atomic E-state index is 0.0766. The second-order valence-electron chi connectivity index (χ2n) is 4.28. The summed E-state index contributed by atoms with van der Waals surface area (Å²) < 4.78 is 5.50. The average Bonchev–Trinajstić information content (AvgIpc) is 2.26. The SMILES string of the molecule is CCCOC[C@@H](CC)C[C@H](CN)CC(=O)O. The molecule has 0 spiro atoms. The van der Waals surface area contributed by atoms with E-state index in [1.807, 2.05) is 0 Å². The zero-order valence-corrected chi connectivity index (χ0v) is 10.4. The maximum atomic E-state index is 10.6. The van der Waals surface area contributed by atoms with Gasteiger partial charge in [-0.05, 0) is 31.2 Å². The third-order valence-electron chi connectivity index (χ3n) is 2.74. The van der Waals surface area contributed by atoms with Crippen molar-refractivity contribution in [3.05, 3.63) is 0 Å². The minimum Gasteiger partial charge on any atom is -0.481 e. The van der Waals surface area contributed by atoms with Gasteiger partial charge in [-0.1, -0.05) is 20.3 Å². The molecule has 0 aliphatic heterocycles. The molecule has 0 fully saturated rings. The van der Waals surface area contributed by atoms with Crippen molar-refractivity contribution >= 4 is 5.97 Å². The van der Waals surface area contributed by atoms with Gasteiger partial charge in [0.1, 0.15) is 0 Å². The molecule has 0 saturated heterocycles. The molecule has 0 radical (unpaired) electrons. The molecule has 3 N–H and O–H groups in total. The quantitative estimate of drug-likeness (QED) is 0.563. The molecule has 0 saturated carbocycles. The van der Waals surface area contributed by atoms with E-state index in [0.29, 0.717) is 12.5 Å². The van der Waals surface area contributed by atoms with E-state index in [4.69, 9.17) is 15.6 Å². The number of hydrogen-bond acceptors (Lipinski definition) is 3. The molecule has 16 heavy (non-hydrogen) atoms. The molecule has 0 amide bonds. The number of carboxylic acids is 1. The summed E-state index contributed by atoms with van der Waals surface area (Å²) in [6.45, 7) is 6.13. The molecule has 4 nitrogen and oxygen atoms in total. The Labute approximate surface area is 98.2 Å². The highest BCUT2D eigenvalue weighted by atomic mass is 16.5. The first-order valence-corrected chi connectivity index (χ1v) is 6.13. The first kappa shape index (κ1) is 15.4. The van der Waals surface area contributed by atoms with Crippen LogP contribution in [-0.4, -0.2) is 30.8 Å². The van der Waals surface area contributed by atoms with E-state index in [-0.39, 0.29) is 12.3 Å². The van der Waals surface area contributed by atoms with Gasteiger partial charge in [-0.15, -0.1) is 0 Å². The summed E-state index contributed by atoms with van der Waals surface area (Å²) >= 11 is 0. The number of carboxylic acid groups (broad SMARTS) is 1. The van der Waals surface area contributed by atoms with Crippen LogP contribution in [0.3, 0.4) is 0 Å². The average molecular weight is 231 g/mol. The van der Waals surface area contributed by atoms with Crippen molar-refractivity contribution in [1.82, 2.24) is 0 Å². The lowest BCUT2D eigenvalue weighted by Crippen LogP contribution is -2.23. The predicted octanol–water partition coefficient (Wildman–Crippen LogP) is 1.88. The summed E-state index contributed by atoms with van der Waals surface area (Å²) in [7, 11) is 0. The van der Waals surface area contributed by atoms with Gasteiger partial charge in [0.15, 0.2) is 0 Å². The standard InChI is InChI=1S/C12H25NO3/c1-3-5-16-9-10(4-2)6-11(8-13)7-12(14)15/h10-11H,3-9,13H2,1-2H3,(H,14,15)/t10-,11-/m0/s1. The third kappa shape index (κ3) is 7.65. The van der Waals surface area contributed by atoms with Crippen LogP contribution >= 0.6 is 0 Å². The highest BCUT2D eigenvalue weighted by Gasteiger charge is 2.17. The molecule has 0 aliphatic rings. The van der Waals surface area contributed by atoms with E-state index in [9.17, 15) is 4.79 Å². The van der Waals surface area contributed by atoms with E-state index in [1.54, 1.807) is 0 Å². The van der Waals surface area contributed by atoms with Gasteiger partial charge in [-0.2, -0.15) is 0 Å². The Bertz CT molecular complexity index is 185. The van der Waals surface area contributed by atoms with Crippen molar-refractivity contribution in [3.8, 4) is 0 Å². The molecule has 0 heterocycles. The minimum atomic E-state index is -0.764. The van der Waals surface area contributed by atoms with E-state index >= 15 is 0 Å². The zero-order valence-electron chi connectivity index (χ0n) is 10.4. The Morgan fingerprint density at radius 1 is 1.38 bits per heavy atom. The summed E-state index contributed by atoms with van der Waals surface area (Å²) in [6.07, 6.45) is 3.05. The smallest absolute Gasteiger partial charge is 0.303 e. The molecule has 0 bridgehead atoms. The Morgan fingerprint density at radius 3 is 2.50 bits per heavy atom. The molecule has 0 rings (SSSR count). The molecular weight excluding hydrogens is 206 g/mol. The monoisotopic (exact) mass is 231 g/mol. The van der Waals surface area contributed by atoms with Gasteiger partial charge in [-0.3, -0.25) is 4.79 Å². The molecule has 0 aromatic carbocycles. The van der Waals surface area contributed by atoms with Crippen molar-refractivity contribution < 1.29 is 14.6 Å². The lowest BCUT2D eigenvalue weighted by Gasteiger charge is -2.20. The van der Waals surface area contributed by atoms with Gasteiger partial charge in [0.25, 0.3) is 0 Å². The van der Waals surface area contributed by atoms with Crippen molar-refractivity contribution in [2.24, 2.45) is 17.6 Å². The van der Waals surface area contributed by atoms with Gasteiger partial charge < -0.3 is 15.6 Å². The Balaban J connectivity index is 3.91. The van der Waals surface area contributed by atoms with Crippen LogP contribution in [0.1, 0.15) is 39.5 Å². The van der Waals surface area contributed by atoms with Gasteiger partial charge in [0.2, 0.25) is 0 Å². The van der Waals surface area contributed by atoms with Crippen molar-refractivity contribution in [2.75, 3.05) is 19.8 Å². The van der Waals surface area contributed by atoms with Crippen LogP contribution in [0.5, 0.6) is 0 Å². The molecule has 0 aliphatic carbocycles. The number of ether oxygens (including phenoxy) is 1. The summed E-state index contributed by atoms with van der Waals surface area (Å²) in [6, 6.07) is 0. The van der Waals surface area contributed by atoms with Crippen LogP contribution in [0.25, 0.3) is 0 Å². The Morgan fingerprint density at radius 2 is 2.06 bits per heavy atom. The van der Waals surface area contributed by atoms with Crippen LogP contribution in [-0.2, 0) is 9.53 Å². The van der Waals surface area contributed by atoms with Gasteiger partial charge in [-0.25, -0.2) is 0 Å².